The van der Waals surface area contributed by atoms with E-state index in [0.717, 1.165) is 19.3 Å². The number of carbonyl (C=O) groups is 1. The van der Waals surface area contributed by atoms with Gasteiger partial charge in [0, 0.05) is 0 Å². The molecular weight excluding hydrogens is 284 g/mol. The van der Waals surface area contributed by atoms with Gasteiger partial charge >= 0.3 is 5.97 Å². The Morgan fingerprint density at radius 2 is 1.32 bits per heavy atom. The highest BCUT2D eigenvalue weighted by atomic mass is 16.5. The minimum atomic E-state index is -0.426. The summed E-state index contributed by atoms with van der Waals surface area (Å²) in [5, 5.41) is 0. The van der Waals surface area contributed by atoms with Crippen LogP contribution < -0.4 is 14.2 Å². The smallest absolute Gasteiger partial charge is 0.338 e. The van der Waals surface area contributed by atoms with Crippen molar-refractivity contribution in [2.24, 2.45) is 0 Å². The molecule has 1 aromatic rings. The molecule has 0 aliphatic heterocycles. The molecule has 0 aliphatic rings. The highest BCUT2D eigenvalue weighted by Gasteiger charge is 2.19. The molecular formula is C17H26O5. The monoisotopic (exact) mass is 310 g/mol. The van der Waals surface area contributed by atoms with Gasteiger partial charge in [0.1, 0.15) is 0 Å². The Bertz CT molecular complexity index is 441. The van der Waals surface area contributed by atoms with Gasteiger partial charge in [-0.2, -0.15) is 0 Å². The van der Waals surface area contributed by atoms with Crippen LogP contribution in [0.25, 0.3) is 0 Å². The summed E-state index contributed by atoms with van der Waals surface area (Å²) in [6.07, 6.45) is 2.60. The summed E-state index contributed by atoms with van der Waals surface area (Å²) in [7, 11) is 1.35. The average molecular weight is 310 g/mol. The van der Waals surface area contributed by atoms with Crippen molar-refractivity contribution in [2.45, 2.75) is 40.0 Å². The fourth-order valence-electron chi connectivity index (χ4n) is 1.80. The van der Waals surface area contributed by atoms with Crippen LogP contribution in [0.5, 0.6) is 17.2 Å². The van der Waals surface area contributed by atoms with Gasteiger partial charge in [-0.25, -0.2) is 4.79 Å². The minimum Gasteiger partial charge on any atom is -0.490 e. The number of hydrogen-bond donors (Lipinski definition) is 0. The van der Waals surface area contributed by atoms with Gasteiger partial charge in [0.15, 0.2) is 11.5 Å². The molecule has 0 unspecified atom stereocenters. The molecule has 0 saturated carbocycles. The van der Waals surface area contributed by atoms with E-state index < -0.39 is 5.97 Å². The highest BCUT2D eigenvalue weighted by molar-refractivity contribution is 5.91. The van der Waals surface area contributed by atoms with Gasteiger partial charge in [0.05, 0.1) is 32.5 Å². The van der Waals surface area contributed by atoms with Crippen molar-refractivity contribution in [2.75, 3.05) is 26.9 Å². The summed E-state index contributed by atoms with van der Waals surface area (Å²) >= 11 is 0. The van der Waals surface area contributed by atoms with Crippen molar-refractivity contribution in [3.05, 3.63) is 17.7 Å². The lowest BCUT2D eigenvalue weighted by molar-refractivity contribution is 0.0599. The first-order valence-corrected chi connectivity index (χ1v) is 7.82. The largest absolute Gasteiger partial charge is 0.490 e. The summed E-state index contributed by atoms with van der Waals surface area (Å²) in [5.41, 5.74) is 0.392. The second-order valence-electron chi connectivity index (χ2n) is 4.84. The SMILES string of the molecule is CCCOc1cc(C(=O)OC)cc(OCCC)c1OCCC. The molecule has 0 bridgehead atoms. The Balaban J connectivity index is 3.22. The first-order valence-electron chi connectivity index (χ1n) is 7.82. The number of rotatable bonds is 10. The summed E-state index contributed by atoms with van der Waals surface area (Å²) in [5.74, 6) is 1.16. The first kappa shape index (κ1) is 18.1. The van der Waals surface area contributed by atoms with E-state index in [4.69, 9.17) is 18.9 Å². The van der Waals surface area contributed by atoms with Crippen LogP contribution in [0, 0.1) is 0 Å². The van der Waals surface area contributed by atoms with E-state index in [2.05, 4.69) is 0 Å². The van der Waals surface area contributed by atoms with Crippen LogP contribution in [0.4, 0.5) is 0 Å². The van der Waals surface area contributed by atoms with Crippen molar-refractivity contribution in [1.82, 2.24) is 0 Å². The van der Waals surface area contributed by atoms with Gasteiger partial charge in [0.2, 0.25) is 5.75 Å². The van der Waals surface area contributed by atoms with Crippen molar-refractivity contribution in [1.29, 1.82) is 0 Å². The lowest BCUT2D eigenvalue weighted by atomic mass is 10.2. The molecule has 0 aliphatic carbocycles. The van der Waals surface area contributed by atoms with Crippen LogP contribution >= 0.6 is 0 Å². The molecule has 0 heterocycles. The standard InChI is InChI=1S/C17H26O5/c1-5-8-20-14-11-13(17(18)19-4)12-15(21-9-6-2)16(14)22-10-7-3/h11-12H,5-10H2,1-4H3. The van der Waals surface area contributed by atoms with E-state index >= 15 is 0 Å². The third kappa shape index (κ3) is 5.13. The molecule has 1 aromatic carbocycles. The van der Waals surface area contributed by atoms with Gasteiger partial charge in [-0.1, -0.05) is 20.8 Å². The zero-order valence-corrected chi connectivity index (χ0v) is 13.9. The molecule has 0 aromatic heterocycles. The molecule has 1 rings (SSSR count). The molecule has 0 N–H and O–H groups in total. The summed E-state index contributed by atoms with van der Waals surface area (Å²) in [6.45, 7) is 7.71. The predicted octanol–water partition coefficient (Wildman–Crippen LogP) is 3.84. The van der Waals surface area contributed by atoms with Crippen LogP contribution in [0.2, 0.25) is 0 Å². The fraction of sp³-hybridized carbons (Fsp3) is 0.588. The van der Waals surface area contributed by atoms with Crippen LogP contribution in [-0.4, -0.2) is 32.9 Å². The Kier molecular flexibility index (Phi) is 8.18. The summed E-state index contributed by atoms with van der Waals surface area (Å²) < 4.78 is 22.0. The number of ether oxygens (including phenoxy) is 4. The average Bonchev–Trinajstić information content (AvgIpc) is 2.55. The van der Waals surface area contributed by atoms with Crippen molar-refractivity contribution < 1.29 is 23.7 Å². The predicted molar refractivity (Wildman–Crippen MR) is 85.1 cm³/mol. The number of benzene rings is 1. The highest BCUT2D eigenvalue weighted by Crippen LogP contribution is 2.39. The molecule has 0 amide bonds. The molecule has 0 radical (unpaired) electrons. The maximum Gasteiger partial charge on any atom is 0.338 e. The second kappa shape index (κ2) is 9.92. The fourth-order valence-corrected chi connectivity index (χ4v) is 1.80. The van der Waals surface area contributed by atoms with Gasteiger partial charge in [-0.15, -0.1) is 0 Å². The molecule has 22 heavy (non-hydrogen) atoms. The summed E-state index contributed by atoms with van der Waals surface area (Å²) in [4.78, 5) is 11.8. The van der Waals surface area contributed by atoms with Crippen molar-refractivity contribution in [3.63, 3.8) is 0 Å². The zero-order chi connectivity index (χ0) is 16.4. The Morgan fingerprint density at radius 3 is 1.73 bits per heavy atom. The first-order chi connectivity index (χ1) is 10.7. The maximum absolute atomic E-state index is 11.8. The zero-order valence-electron chi connectivity index (χ0n) is 13.9. The van der Waals surface area contributed by atoms with E-state index in [9.17, 15) is 4.79 Å². The van der Waals surface area contributed by atoms with E-state index in [0.29, 0.717) is 42.6 Å². The minimum absolute atomic E-state index is 0.392. The quantitative estimate of drug-likeness (QED) is 0.615. The molecule has 0 saturated heterocycles. The van der Waals surface area contributed by atoms with Gasteiger partial charge in [-0.05, 0) is 31.4 Å². The van der Waals surface area contributed by atoms with E-state index in [1.54, 1.807) is 12.1 Å². The van der Waals surface area contributed by atoms with E-state index in [1.165, 1.54) is 7.11 Å². The van der Waals surface area contributed by atoms with E-state index in [-0.39, 0.29) is 0 Å². The van der Waals surface area contributed by atoms with Crippen molar-refractivity contribution in [3.8, 4) is 17.2 Å². The Morgan fingerprint density at radius 1 is 0.864 bits per heavy atom. The molecule has 5 nitrogen and oxygen atoms in total. The topological polar surface area (TPSA) is 54.0 Å². The number of hydrogen-bond acceptors (Lipinski definition) is 5. The molecule has 0 fully saturated rings. The molecule has 124 valence electrons. The molecule has 0 atom stereocenters. The second-order valence-corrected chi connectivity index (χ2v) is 4.84. The number of esters is 1. The van der Waals surface area contributed by atoms with Gasteiger partial charge < -0.3 is 18.9 Å². The number of methoxy groups -OCH3 is 1. The summed E-state index contributed by atoms with van der Waals surface area (Å²) in [6, 6.07) is 3.29. The molecule has 0 spiro atoms. The third-order valence-electron chi connectivity index (χ3n) is 2.82. The van der Waals surface area contributed by atoms with Crippen LogP contribution in [0.1, 0.15) is 50.4 Å². The Labute approximate surface area is 132 Å². The Hall–Kier alpha value is -1.91. The van der Waals surface area contributed by atoms with Crippen molar-refractivity contribution >= 4 is 5.97 Å². The van der Waals surface area contributed by atoms with Crippen LogP contribution in [0.15, 0.2) is 12.1 Å². The maximum atomic E-state index is 11.8. The number of carbonyl (C=O) groups excluding carboxylic acids is 1. The van der Waals surface area contributed by atoms with Gasteiger partial charge in [0.25, 0.3) is 0 Å². The van der Waals surface area contributed by atoms with Crippen LogP contribution in [-0.2, 0) is 4.74 Å². The normalized spacial score (nSPS) is 10.2. The van der Waals surface area contributed by atoms with E-state index in [1.807, 2.05) is 20.8 Å². The lowest BCUT2D eigenvalue weighted by Crippen LogP contribution is -2.08. The molecule has 5 heteroatoms. The van der Waals surface area contributed by atoms with Crippen LogP contribution in [0.3, 0.4) is 0 Å². The van der Waals surface area contributed by atoms with Gasteiger partial charge in [-0.3, -0.25) is 0 Å². The third-order valence-corrected chi connectivity index (χ3v) is 2.82. The lowest BCUT2D eigenvalue weighted by Gasteiger charge is -2.17.